The fraction of sp³-hybridized carbons (Fsp3) is 0.684. The molecule has 3 nitrogen and oxygen atoms in total. The minimum absolute atomic E-state index is 0.00786. The van der Waals surface area contributed by atoms with Crippen LogP contribution in [-0.2, 0) is 15.9 Å². The zero-order valence-corrected chi connectivity index (χ0v) is 16.1. The molecule has 1 rings (SSSR count). The Balaban J connectivity index is 2.20. The first-order chi connectivity index (χ1) is 10.8. The number of benzene rings is 1. The van der Waals surface area contributed by atoms with Crippen LogP contribution in [0.15, 0.2) is 29.2 Å². The summed E-state index contributed by atoms with van der Waals surface area (Å²) in [6.07, 6.45) is 6.22. The van der Waals surface area contributed by atoms with Gasteiger partial charge in [-0.05, 0) is 75.0 Å². The molecule has 0 heterocycles. The Morgan fingerprint density at radius 3 is 2.39 bits per heavy atom. The van der Waals surface area contributed by atoms with E-state index in [-0.39, 0.29) is 5.60 Å². The number of ether oxygens (including phenoxy) is 2. The normalized spacial score (nSPS) is 14.5. The molecule has 23 heavy (non-hydrogen) atoms. The first kappa shape index (κ1) is 20.3. The average Bonchev–Trinajstić information content (AvgIpc) is 2.47. The fourth-order valence-electron chi connectivity index (χ4n) is 2.59. The van der Waals surface area contributed by atoms with Gasteiger partial charge in [-0.3, -0.25) is 0 Å². The first-order valence-electron chi connectivity index (χ1n) is 8.54. The Morgan fingerprint density at radius 2 is 1.83 bits per heavy atom. The van der Waals surface area contributed by atoms with E-state index in [0.29, 0.717) is 5.92 Å². The quantitative estimate of drug-likeness (QED) is 0.543. The molecule has 4 heteroatoms. The van der Waals surface area contributed by atoms with E-state index in [0.717, 1.165) is 36.7 Å². The van der Waals surface area contributed by atoms with Crippen molar-refractivity contribution in [1.29, 1.82) is 0 Å². The molecule has 1 aromatic rings. The van der Waals surface area contributed by atoms with Crippen molar-refractivity contribution < 1.29 is 14.0 Å². The van der Waals surface area contributed by atoms with Gasteiger partial charge in [-0.1, -0.05) is 19.8 Å². The van der Waals surface area contributed by atoms with Crippen LogP contribution in [0, 0.1) is 5.92 Å². The van der Waals surface area contributed by atoms with Crippen molar-refractivity contribution in [1.82, 2.24) is 0 Å². The molecule has 0 N–H and O–H groups in total. The topological polar surface area (TPSA) is 41.5 Å². The van der Waals surface area contributed by atoms with E-state index in [1.165, 1.54) is 12.8 Å². The van der Waals surface area contributed by atoms with Crippen molar-refractivity contribution in [2.45, 2.75) is 63.9 Å². The second-order valence-electron chi connectivity index (χ2n) is 6.75. The van der Waals surface area contributed by atoms with E-state index in [9.17, 15) is 4.55 Å². The van der Waals surface area contributed by atoms with E-state index >= 15 is 0 Å². The van der Waals surface area contributed by atoms with Gasteiger partial charge in [-0.15, -0.1) is 0 Å². The second kappa shape index (κ2) is 10.2. The van der Waals surface area contributed by atoms with E-state index < -0.39 is 11.2 Å². The lowest BCUT2D eigenvalue weighted by Crippen LogP contribution is -2.24. The Labute approximate surface area is 144 Å². The van der Waals surface area contributed by atoms with Crippen LogP contribution in [0.1, 0.15) is 53.4 Å². The summed E-state index contributed by atoms with van der Waals surface area (Å²) < 4.78 is 22.8. The lowest BCUT2D eigenvalue weighted by Gasteiger charge is -2.25. The molecule has 0 aliphatic carbocycles. The third-order valence-corrected chi connectivity index (χ3v) is 4.98. The van der Waals surface area contributed by atoms with Gasteiger partial charge in [0.2, 0.25) is 0 Å². The minimum Gasteiger partial charge on any atom is -0.612 e. The Hall–Kier alpha value is -0.710. The molecular weight excluding hydrogens is 308 g/mol. The smallest absolute Gasteiger partial charge is 0.152 e. The van der Waals surface area contributed by atoms with Crippen LogP contribution in [0.4, 0.5) is 0 Å². The number of hydrogen-bond donors (Lipinski definition) is 0. The molecule has 0 aliphatic rings. The Morgan fingerprint density at radius 1 is 1.17 bits per heavy atom. The highest BCUT2D eigenvalue weighted by molar-refractivity contribution is 7.90. The van der Waals surface area contributed by atoms with Gasteiger partial charge < -0.3 is 14.0 Å². The maximum atomic E-state index is 11.3. The Bertz CT molecular complexity index is 429. The summed E-state index contributed by atoms with van der Waals surface area (Å²) in [5, 5.41) is 0. The molecule has 0 aromatic heterocycles. The van der Waals surface area contributed by atoms with Crippen LogP contribution in [-0.4, -0.2) is 29.6 Å². The standard InChI is InChI=1S/C19H32O3S/c1-6-22-19(3,4)14-7-8-16(2)13-15-21-17-9-11-18(12-10-17)23(5)20/h9-12,16H,6-8,13-15H2,1-5H3. The molecule has 0 saturated carbocycles. The first-order valence-corrected chi connectivity index (χ1v) is 10.1. The largest absolute Gasteiger partial charge is 0.612 e. The van der Waals surface area contributed by atoms with Gasteiger partial charge in [0.1, 0.15) is 12.0 Å². The number of hydrogen-bond acceptors (Lipinski definition) is 3. The maximum absolute atomic E-state index is 11.3. The second-order valence-corrected chi connectivity index (χ2v) is 8.13. The van der Waals surface area contributed by atoms with Gasteiger partial charge in [0.25, 0.3) is 0 Å². The highest BCUT2D eigenvalue weighted by atomic mass is 32.2. The van der Waals surface area contributed by atoms with Crippen molar-refractivity contribution in [2.75, 3.05) is 19.5 Å². The number of rotatable bonds is 11. The summed E-state index contributed by atoms with van der Waals surface area (Å²) in [4.78, 5) is 0.836. The van der Waals surface area contributed by atoms with Crippen molar-refractivity contribution in [3.8, 4) is 5.75 Å². The van der Waals surface area contributed by atoms with Crippen molar-refractivity contribution in [2.24, 2.45) is 5.92 Å². The van der Waals surface area contributed by atoms with Gasteiger partial charge in [0.05, 0.1) is 12.2 Å². The SMILES string of the molecule is CCOC(C)(C)CCCC(C)CCOc1ccc([S+](C)[O-])cc1. The van der Waals surface area contributed by atoms with Crippen molar-refractivity contribution in [3.63, 3.8) is 0 Å². The predicted molar refractivity (Wildman–Crippen MR) is 97.6 cm³/mol. The highest BCUT2D eigenvalue weighted by Gasteiger charge is 2.17. The minimum atomic E-state index is -0.929. The van der Waals surface area contributed by atoms with E-state index in [1.807, 2.05) is 31.2 Å². The van der Waals surface area contributed by atoms with Crippen LogP contribution in [0.25, 0.3) is 0 Å². The lowest BCUT2D eigenvalue weighted by atomic mass is 9.95. The molecule has 0 amide bonds. The van der Waals surface area contributed by atoms with Crippen LogP contribution in [0.2, 0.25) is 0 Å². The van der Waals surface area contributed by atoms with Gasteiger partial charge >= 0.3 is 0 Å². The van der Waals surface area contributed by atoms with Crippen LogP contribution < -0.4 is 4.74 Å². The fourth-order valence-corrected chi connectivity index (χ4v) is 3.11. The zero-order valence-electron chi connectivity index (χ0n) is 15.3. The summed E-state index contributed by atoms with van der Waals surface area (Å²) in [6.45, 7) is 10.2. The van der Waals surface area contributed by atoms with Crippen molar-refractivity contribution in [3.05, 3.63) is 24.3 Å². The zero-order chi connectivity index (χ0) is 17.3. The summed E-state index contributed by atoms with van der Waals surface area (Å²) >= 11 is -0.929. The highest BCUT2D eigenvalue weighted by Crippen LogP contribution is 2.21. The molecular formula is C19H32O3S. The third-order valence-electron chi connectivity index (χ3n) is 4.05. The molecule has 0 fully saturated rings. The lowest BCUT2D eigenvalue weighted by molar-refractivity contribution is -0.0183. The van der Waals surface area contributed by atoms with E-state index in [4.69, 9.17) is 9.47 Å². The molecule has 1 aromatic carbocycles. The van der Waals surface area contributed by atoms with E-state index in [2.05, 4.69) is 20.8 Å². The molecule has 132 valence electrons. The van der Waals surface area contributed by atoms with Crippen molar-refractivity contribution >= 4 is 11.2 Å². The maximum Gasteiger partial charge on any atom is 0.152 e. The third kappa shape index (κ3) is 8.63. The summed E-state index contributed by atoms with van der Waals surface area (Å²) in [7, 11) is 0. The van der Waals surface area contributed by atoms with Gasteiger partial charge in [-0.2, -0.15) is 0 Å². The molecule has 2 atom stereocenters. The van der Waals surface area contributed by atoms with Gasteiger partial charge in [0.15, 0.2) is 4.90 Å². The average molecular weight is 341 g/mol. The van der Waals surface area contributed by atoms with Crippen LogP contribution >= 0.6 is 0 Å². The summed E-state index contributed by atoms with van der Waals surface area (Å²) in [5.41, 5.74) is -0.00786. The predicted octanol–water partition coefficient (Wildman–Crippen LogP) is 4.81. The van der Waals surface area contributed by atoms with E-state index in [1.54, 1.807) is 6.26 Å². The molecule has 0 saturated heterocycles. The molecule has 2 unspecified atom stereocenters. The molecule has 0 aliphatic heterocycles. The summed E-state index contributed by atoms with van der Waals surface area (Å²) in [6, 6.07) is 7.52. The monoisotopic (exact) mass is 340 g/mol. The molecule has 0 bridgehead atoms. The Kier molecular flexibility index (Phi) is 9.03. The van der Waals surface area contributed by atoms with Crippen LogP contribution in [0.3, 0.4) is 0 Å². The molecule has 0 spiro atoms. The van der Waals surface area contributed by atoms with Gasteiger partial charge in [0, 0.05) is 6.61 Å². The van der Waals surface area contributed by atoms with Gasteiger partial charge in [-0.25, -0.2) is 0 Å². The summed E-state index contributed by atoms with van der Waals surface area (Å²) in [5.74, 6) is 1.50. The molecule has 0 radical (unpaired) electrons. The van der Waals surface area contributed by atoms with Crippen LogP contribution in [0.5, 0.6) is 5.75 Å².